The van der Waals surface area contributed by atoms with Gasteiger partial charge in [-0.2, -0.15) is 0 Å². The Hall–Kier alpha value is -1.09. The van der Waals surface area contributed by atoms with Crippen molar-refractivity contribution in [2.45, 2.75) is 45.6 Å². The number of rotatable bonds is 5. The second-order valence-electron chi connectivity index (χ2n) is 5.22. The molecule has 0 radical (unpaired) electrons. The van der Waals surface area contributed by atoms with E-state index in [1.165, 1.54) is 37.9 Å². The minimum atomic E-state index is 0.718. The fraction of sp³-hybridized carbons (Fsp3) is 0.667. The molecule has 2 heterocycles. The molecule has 3 heteroatoms. The van der Waals surface area contributed by atoms with Gasteiger partial charge < -0.3 is 10.2 Å². The van der Waals surface area contributed by atoms with Crippen LogP contribution in [0.5, 0.6) is 0 Å². The minimum absolute atomic E-state index is 0.718. The van der Waals surface area contributed by atoms with Gasteiger partial charge in [0, 0.05) is 36.7 Å². The fourth-order valence-electron chi connectivity index (χ4n) is 2.55. The lowest BCUT2D eigenvalue weighted by molar-refractivity contribution is 0.412. The molecule has 1 N–H and O–H groups in total. The fourth-order valence-corrected chi connectivity index (χ4v) is 2.55. The number of piperidine rings is 1. The Morgan fingerprint density at radius 3 is 2.83 bits per heavy atom. The number of anilines is 1. The van der Waals surface area contributed by atoms with Crippen LogP contribution in [0.2, 0.25) is 0 Å². The molecule has 1 saturated heterocycles. The summed E-state index contributed by atoms with van der Waals surface area (Å²) in [6, 6.07) is 5.03. The summed E-state index contributed by atoms with van der Waals surface area (Å²) in [5, 5.41) is 3.67. The van der Waals surface area contributed by atoms with Crippen molar-refractivity contribution >= 4 is 5.69 Å². The Kier molecular flexibility index (Phi) is 5.00. The molecule has 1 aliphatic heterocycles. The molecule has 0 spiro atoms. The molecule has 0 unspecified atom stereocenters. The molecule has 0 amide bonds. The lowest BCUT2D eigenvalue weighted by Gasteiger charge is -2.34. The van der Waals surface area contributed by atoms with Gasteiger partial charge in [0.15, 0.2) is 0 Å². The van der Waals surface area contributed by atoms with E-state index < -0.39 is 0 Å². The van der Waals surface area contributed by atoms with Crippen LogP contribution in [0.3, 0.4) is 0 Å². The van der Waals surface area contributed by atoms with E-state index in [0.717, 1.165) is 24.8 Å². The SMILES string of the molecule is CCCCNC1CCN(c2ccnc(C)c2)CC1. The number of hydrogen-bond acceptors (Lipinski definition) is 3. The highest BCUT2D eigenvalue weighted by atomic mass is 15.1. The summed E-state index contributed by atoms with van der Waals surface area (Å²) in [7, 11) is 0. The molecule has 0 atom stereocenters. The van der Waals surface area contributed by atoms with E-state index >= 15 is 0 Å². The Bertz CT molecular complexity index is 357. The Labute approximate surface area is 111 Å². The molecule has 1 aliphatic rings. The van der Waals surface area contributed by atoms with Gasteiger partial charge >= 0.3 is 0 Å². The van der Waals surface area contributed by atoms with E-state index in [9.17, 15) is 0 Å². The summed E-state index contributed by atoms with van der Waals surface area (Å²) in [4.78, 5) is 6.74. The smallest absolute Gasteiger partial charge is 0.0399 e. The lowest BCUT2D eigenvalue weighted by Crippen LogP contribution is -2.42. The first kappa shape index (κ1) is 13.3. The molecule has 1 aromatic heterocycles. The van der Waals surface area contributed by atoms with Crippen LogP contribution in [0.25, 0.3) is 0 Å². The average Bonchev–Trinajstić information content (AvgIpc) is 2.40. The summed E-state index contributed by atoms with van der Waals surface area (Å²) in [5.74, 6) is 0. The van der Waals surface area contributed by atoms with Crippen molar-refractivity contribution in [3.8, 4) is 0 Å². The molecule has 18 heavy (non-hydrogen) atoms. The Morgan fingerprint density at radius 2 is 2.17 bits per heavy atom. The molecule has 0 bridgehead atoms. The van der Waals surface area contributed by atoms with Crippen LogP contribution >= 0.6 is 0 Å². The summed E-state index contributed by atoms with van der Waals surface area (Å²) in [6.45, 7) is 7.80. The number of unbranched alkanes of at least 4 members (excludes halogenated alkanes) is 1. The molecule has 3 nitrogen and oxygen atoms in total. The topological polar surface area (TPSA) is 28.2 Å². The third-order valence-corrected chi connectivity index (χ3v) is 3.70. The van der Waals surface area contributed by atoms with Crippen LogP contribution in [0, 0.1) is 6.92 Å². The van der Waals surface area contributed by atoms with Crippen LogP contribution in [0.4, 0.5) is 5.69 Å². The first-order valence-electron chi connectivity index (χ1n) is 7.20. The Balaban J connectivity index is 1.79. The second-order valence-corrected chi connectivity index (χ2v) is 5.22. The molecule has 2 rings (SSSR count). The molecule has 1 fully saturated rings. The predicted molar refractivity (Wildman–Crippen MR) is 77.1 cm³/mol. The van der Waals surface area contributed by atoms with E-state index in [1.807, 2.05) is 6.20 Å². The minimum Gasteiger partial charge on any atom is -0.371 e. The third-order valence-electron chi connectivity index (χ3n) is 3.70. The number of nitrogens with one attached hydrogen (secondary N) is 1. The van der Waals surface area contributed by atoms with Crippen molar-refractivity contribution in [2.24, 2.45) is 0 Å². The summed E-state index contributed by atoms with van der Waals surface area (Å²) >= 11 is 0. The van der Waals surface area contributed by atoms with E-state index in [4.69, 9.17) is 0 Å². The summed E-state index contributed by atoms with van der Waals surface area (Å²) in [5.41, 5.74) is 2.44. The monoisotopic (exact) mass is 247 g/mol. The zero-order valence-electron chi connectivity index (χ0n) is 11.7. The first-order chi connectivity index (χ1) is 8.79. The van der Waals surface area contributed by atoms with E-state index in [2.05, 4.69) is 41.2 Å². The van der Waals surface area contributed by atoms with Crippen molar-refractivity contribution < 1.29 is 0 Å². The standard InChI is InChI=1S/C15H25N3/c1-3-4-8-17-14-6-10-18(11-7-14)15-5-9-16-13(2)12-15/h5,9,12,14,17H,3-4,6-8,10-11H2,1-2H3. The number of pyridine rings is 1. The quantitative estimate of drug-likeness (QED) is 0.811. The van der Waals surface area contributed by atoms with Crippen LogP contribution < -0.4 is 10.2 Å². The van der Waals surface area contributed by atoms with Gasteiger partial charge in [0.1, 0.15) is 0 Å². The van der Waals surface area contributed by atoms with Crippen molar-refractivity contribution in [2.75, 3.05) is 24.5 Å². The van der Waals surface area contributed by atoms with Crippen LogP contribution in [-0.4, -0.2) is 30.7 Å². The highest BCUT2D eigenvalue weighted by Gasteiger charge is 2.18. The predicted octanol–water partition coefficient (Wildman–Crippen LogP) is 2.75. The molecule has 100 valence electrons. The van der Waals surface area contributed by atoms with Crippen molar-refractivity contribution in [1.82, 2.24) is 10.3 Å². The van der Waals surface area contributed by atoms with Crippen molar-refractivity contribution in [3.63, 3.8) is 0 Å². The lowest BCUT2D eigenvalue weighted by atomic mass is 10.0. The van der Waals surface area contributed by atoms with Crippen molar-refractivity contribution in [3.05, 3.63) is 24.0 Å². The molecule has 1 aromatic rings. The summed E-state index contributed by atoms with van der Waals surface area (Å²) in [6.07, 6.45) is 7.00. The number of nitrogens with zero attached hydrogens (tertiary/aromatic N) is 2. The van der Waals surface area contributed by atoms with E-state index in [-0.39, 0.29) is 0 Å². The first-order valence-corrected chi connectivity index (χ1v) is 7.20. The van der Waals surface area contributed by atoms with Gasteiger partial charge in [-0.05, 0) is 44.9 Å². The van der Waals surface area contributed by atoms with Crippen LogP contribution in [0.1, 0.15) is 38.3 Å². The largest absolute Gasteiger partial charge is 0.371 e. The third kappa shape index (κ3) is 3.70. The second kappa shape index (κ2) is 6.74. The maximum Gasteiger partial charge on any atom is 0.0399 e. The van der Waals surface area contributed by atoms with E-state index in [1.54, 1.807) is 0 Å². The van der Waals surface area contributed by atoms with E-state index in [0.29, 0.717) is 0 Å². The van der Waals surface area contributed by atoms with Gasteiger partial charge in [-0.1, -0.05) is 13.3 Å². The van der Waals surface area contributed by atoms with Gasteiger partial charge in [-0.25, -0.2) is 0 Å². The number of hydrogen-bond donors (Lipinski definition) is 1. The zero-order valence-corrected chi connectivity index (χ0v) is 11.7. The molecule has 0 aromatic carbocycles. The van der Waals surface area contributed by atoms with Crippen LogP contribution in [-0.2, 0) is 0 Å². The number of aryl methyl sites for hydroxylation is 1. The van der Waals surface area contributed by atoms with Gasteiger partial charge in [-0.3, -0.25) is 4.98 Å². The molecular weight excluding hydrogens is 222 g/mol. The van der Waals surface area contributed by atoms with Crippen LogP contribution in [0.15, 0.2) is 18.3 Å². The maximum atomic E-state index is 4.26. The molecule has 0 aliphatic carbocycles. The van der Waals surface area contributed by atoms with Gasteiger partial charge in [0.05, 0.1) is 0 Å². The number of aromatic nitrogens is 1. The molecular formula is C15H25N3. The van der Waals surface area contributed by atoms with Crippen molar-refractivity contribution in [1.29, 1.82) is 0 Å². The molecule has 0 saturated carbocycles. The Morgan fingerprint density at radius 1 is 1.39 bits per heavy atom. The zero-order chi connectivity index (χ0) is 12.8. The summed E-state index contributed by atoms with van der Waals surface area (Å²) < 4.78 is 0. The van der Waals surface area contributed by atoms with Gasteiger partial charge in [0.2, 0.25) is 0 Å². The normalized spacial score (nSPS) is 17.1. The highest BCUT2D eigenvalue weighted by Crippen LogP contribution is 2.20. The highest BCUT2D eigenvalue weighted by molar-refractivity contribution is 5.46. The maximum absolute atomic E-state index is 4.26. The average molecular weight is 247 g/mol. The van der Waals surface area contributed by atoms with Gasteiger partial charge in [-0.15, -0.1) is 0 Å². The van der Waals surface area contributed by atoms with Gasteiger partial charge in [0.25, 0.3) is 0 Å².